The Morgan fingerprint density at radius 2 is 1.77 bits per heavy atom. The number of hydrogen-bond donors (Lipinski definition) is 2. The molecule has 3 nitrogen and oxygen atoms in total. The maximum absolute atomic E-state index is 9.58. The van der Waals surface area contributed by atoms with Gasteiger partial charge in [0.2, 0.25) is 5.91 Å². The summed E-state index contributed by atoms with van der Waals surface area (Å²) in [5, 5.41) is 1.36. The van der Waals surface area contributed by atoms with Crippen LogP contribution in [-0.2, 0) is 4.79 Å². The van der Waals surface area contributed by atoms with E-state index >= 15 is 0 Å². The van der Waals surface area contributed by atoms with E-state index in [4.69, 9.17) is 23.2 Å². The zero-order valence-electron chi connectivity index (χ0n) is 7.05. The van der Waals surface area contributed by atoms with Crippen molar-refractivity contribution in [2.45, 2.75) is 6.92 Å². The van der Waals surface area contributed by atoms with Gasteiger partial charge in [-0.15, -0.1) is 0 Å². The first-order valence-corrected chi connectivity index (χ1v) is 4.20. The van der Waals surface area contributed by atoms with Gasteiger partial charge < -0.3 is 0 Å². The first-order valence-electron chi connectivity index (χ1n) is 3.44. The Balaban J connectivity index is 0.000000252. The van der Waals surface area contributed by atoms with Gasteiger partial charge in [0.25, 0.3) is 0 Å². The van der Waals surface area contributed by atoms with Crippen LogP contribution in [-0.4, -0.2) is 5.91 Å². The van der Waals surface area contributed by atoms with Crippen LogP contribution >= 0.6 is 23.2 Å². The number of benzene rings is 1. The summed E-state index contributed by atoms with van der Waals surface area (Å²) < 4.78 is 0. The van der Waals surface area contributed by atoms with Crippen molar-refractivity contribution in [2.75, 3.05) is 0 Å². The van der Waals surface area contributed by atoms with Gasteiger partial charge in [-0.2, -0.15) is 0 Å². The average Bonchev–Trinajstić information content (AvgIpc) is 2.05. The molecule has 1 rings (SSSR count). The van der Waals surface area contributed by atoms with Crippen LogP contribution in [0, 0.1) is 0 Å². The van der Waals surface area contributed by atoms with E-state index in [0.29, 0.717) is 10.0 Å². The van der Waals surface area contributed by atoms with Crippen molar-refractivity contribution < 1.29 is 4.79 Å². The van der Waals surface area contributed by atoms with Crippen molar-refractivity contribution in [2.24, 2.45) is 5.84 Å². The normalized spacial score (nSPS) is 8.31. The van der Waals surface area contributed by atoms with Gasteiger partial charge in [-0.1, -0.05) is 29.3 Å². The van der Waals surface area contributed by atoms with Crippen molar-refractivity contribution in [3.05, 3.63) is 34.3 Å². The lowest BCUT2D eigenvalue weighted by Crippen LogP contribution is -2.26. The third-order valence-electron chi connectivity index (χ3n) is 0.990. The summed E-state index contributed by atoms with van der Waals surface area (Å²) in [6.45, 7) is 1.35. The van der Waals surface area contributed by atoms with Crippen LogP contribution in [0.5, 0.6) is 0 Å². The molecule has 72 valence electrons. The number of amides is 1. The summed E-state index contributed by atoms with van der Waals surface area (Å²) in [4.78, 5) is 9.58. The second-order valence-corrected chi connectivity index (χ2v) is 3.01. The van der Waals surface area contributed by atoms with Crippen LogP contribution in [0.15, 0.2) is 24.3 Å². The topological polar surface area (TPSA) is 55.1 Å². The number of nitrogens with one attached hydrogen (secondary N) is 1. The number of hydrogen-bond acceptors (Lipinski definition) is 2. The molecule has 0 atom stereocenters. The summed E-state index contributed by atoms with van der Waals surface area (Å²) in [5.74, 6) is 4.35. The van der Waals surface area contributed by atoms with E-state index < -0.39 is 0 Å². The van der Waals surface area contributed by atoms with Crippen molar-refractivity contribution in [1.29, 1.82) is 0 Å². The van der Waals surface area contributed by atoms with Gasteiger partial charge in [-0.25, -0.2) is 5.84 Å². The lowest BCUT2D eigenvalue weighted by molar-refractivity contribution is -0.119. The maximum Gasteiger partial charge on any atom is 0.230 e. The molecule has 0 aromatic heterocycles. The fourth-order valence-corrected chi connectivity index (χ4v) is 0.896. The Morgan fingerprint density at radius 1 is 1.38 bits per heavy atom. The van der Waals surface area contributed by atoms with Gasteiger partial charge in [0, 0.05) is 17.0 Å². The molecular weight excluding hydrogens is 211 g/mol. The predicted molar refractivity (Wildman–Crippen MR) is 54.5 cm³/mol. The molecule has 13 heavy (non-hydrogen) atoms. The molecular formula is C8H10Cl2N2O. The molecule has 0 spiro atoms. The number of hydrazine groups is 1. The number of nitrogens with two attached hydrogens (primary N) is 1. The van der Waals surface area contributed by atoms with Crippen molar-refractivity contribution in [3.8, 4) is 0 Å². The Kier molecular flexibility index (Phi) is 6.32. The molecule has 1 amide bonds. The fourth-order valence-electron chi connectivity index (χ4n) is 0.460. The fraction of sp³-hybridized carbons (Fsp3) is 0.125. The van der Waals surface area contributed by atoms with Crippen LogP contribution < -0.4 is 11.3 Å². The molecule has 0 saturated heterocycles. The van der Waals surface area contributed by atoms with Gasteiger partial charge in [-0.3, -0.25) is 10.2 Å². The average molecular weight is 221 g/mol. The van der Waals surface area contributed by atoms with Crippen LogP contribution in [0.2, 0.25) is 10.0 Å². The Labute approximate surface area is 86.8 Å². The SMILES string of the molecule is CC(=O)NN.Clc1cccc(Cl)c1. The summed E-state index contributed by atoms with van der Waals surface area (Å²) in [6, 6.07) is 7.08. The molecule has 0 aliphatic heterocycles. The third kappa shape index (κ3) is 7.59. The number of carbonyl (C=O) groups excluding carboxylic acids is 1. The van der Waals surface area contributed by atoms with E-state index in [-0.39, 0.29) is 5.91 Å². The zero-order valence-corrected chi connectivity index (χ0v) is 8.56. The third-order valence-corrected chi connectivity index (χ3v) is 1.46. The predicted octanol–water partition coefficient (Wildman–Crippen LogP) is 1.99. The molecule has 1 aromatic carbocycles. The summed E-state index contributed by atoms with van der Waals surface area (Å²) in [7, 11) is 0. The van der Waals surface area contributed by atoms with Gasteiger partial charge in [0.1, 0.15) is 0 Å². The monoisotopic (exact) mass is 220 g/mol. The molecule has 0 aliphatic carbocycles. The maximum atomic E-state index is 9.58. The van der Waals surface area contributed by atoms with E-state index in [9.17, 15) is 4.79 Å². The highest BCUT2D eigenvalue weighted by Crippen LogP contribution is 2.13. The van der Waals surface area contributed by atoms with E-state index in [1.54, 1.807) is 18.2 Å². The minimum atomic E-state index is -0.218. The lowest BCUT2D eigenvalue weighted by Gasteiger charge is -1.86. The van der Waals surface area contributed by atoms with Crippen LogP contribution in [0.3, 0.4) is 0 Å². The zero-order chi connectivity index (χ0) is 10.3. The smallest absolute Gasteiger partial charge is 0.230 e. The van der Waals surface area contributed by atoms with Gasteiger partial charge in [0.05, 0.1) is 0 Å². The quantitative estimate of drug-likeness (QED) is 0.400. The molecule has 5 heteroatoms. The summed E-state index contributed by atoms with van der Waals surface area (Å²) in [5.41, 5.74) is 1.89. The molecule has 0 aliphatic rings. The van der Waals surface area contributed by atoms with E-state index in [1.807, 2.05) is 11.5 Å². The number of halogens is 2. The van der Waals surface area contributed by atoms with Gasteiger partial charge in [-0.05, 0) is 18.2 Å². The number of carbonyl (C=O) groups is 1. The summed E-state index contributed by atoms with van der Waals surface area (Å²) in [6.07, 6.45) is 0. The molecule has 3 N–H and O–H groups in total. The largest absolute Gasteiger partial charge is 0.295 e. The van der Waals surface area contributed by atoms with Crippen molar-refractivity contribution >= 4 is 29.1 Å². The van der Waals surface area contributed by atoms with Crippen LogP contribution in [0.1, 0.15) is 6.92 Å². The molecule has 0 saturated carbocycles. The Bertz CT molecular complexity index is 261. The van der Waals surface area contributed by atoms with Gasteiger partial charge >= 0.3 is 0 Å². The lowest BCUT2D eigenvalue weighted by atomic mass is 10.4. The van der Waals surface area contributed by atoms with Crippen molar-refractivity contribution in [1.82, 2.24) is 5.43 Å². The first kappa shape index (κ1) is 12.2. The van der Waals surface area contributed by atoms with Crippen LogP contribution in [0.4, 0.5) is 0 Å². The van der Waals surface area contributed by atoms with E-state index in [2.05, 4.69) is 5.84 Å². The molecule has 0 bridgehead atoms. The highest BCUT2D eigenvalue weighted by atomic mass is 35.5. The molecule has 0 heterocycles. The molecule has 0 radical (unpaired) electrons. The number of rotatable bonds is 0. The Morgan fingerprint density at radius 3 is 1.92 bits per heavy atom. The second kappa shape index (κ2) is 6.71. The molecule has 0 fully saturated rings. The first-order chi connectivity index (χ1) is 6.06. The van der Waals surface area contributed by atoms with E-state index in [1.165, 1.54) is 6.92 Å². The Hall–Kier alpha value is -0.770. The van der Waals surface area contributed by atoms with Gasteiger partial charge in [0.15, 0.2) is 0 Å². The molecule has 0 unspecified atom stereocenters. The highest BCUT2D eigenvalue weighted by Gasteiger charge is 1.85. The highest BCUT2D eigenvalue weighted by molar-refractivity contribution is 6.34. The minimum Gasteiger partial charge on any atom is -0.295 e. The van der Waals surface area contributed by atoms with Crippen LogP contribution in [0.25, 0.3) is 0 Å². The standard InChI is InChI=1S/C6H4Cl2.C2H6N2O/c7-5-2-1-3-6(8)4-5;1-2(5)4-3/h1-4H;3H2,1H3,(H,4,5). The minimum absolute atomic E-state index is 0.218. The second-order valence-electron chi connectivity index (χ2n) is 2.14. The summed E-state index contributed by atoms with van der Waals surface area (Å²) >= 11 is 11.1. The molecule has 1 aromatic rings. The van der Waals surface area contributed by atoms with Crippen molar-refractivity contribution in [3.63, 3.8) is 0 Å². The van der Waals surface area contributed by atoms with E-state index in [0.717, 1.165) is 0 Å².